The third kappa shape index (κ3) is 3.24. The minimum atomic E-state index is -3.77. The average Bonchev–Trinajstić information content (AvgIpc) is 3.03. The number of hydrogen-bond donors (Lipinski definition) is 1. The summed E-state index contributed by atoms with van der Waals surface area (Å²) in [5, 5.41) is 7.34. The molecule has 0 aliphatic carbocycles. The van der Waals surface area contributed by atoms with E-state index in [2.05, 4.69) is 19.7 Å². The van der Waals surface area contributed by atoms with E-state index in [1.165, 1.54) is 6.07 Å². The summed E-state index contributed by atoms with van der Waals surface area (Å²) in [6.07, 6.45) is 0. The Morgan fingerprint density at radius 2 is 1.92 bits per heavy atom. The maximum absolute atomic E-state index is 12.7. The number of ether oxygens (including phenoxy) is 1. The molecule has 24 heavy (non-hydrogen) atoms. The van der Waals surface area contributed by atoms with Crippen LogP contribution in [0.25, 0.3) is 11.0 Å². The summed E-state index contributed by atoms with van der Waals surface area (Å²) in [6.45, 7) is 4.26. The molecule has 0 bridgehead atoms. The van der Waals surface area contributed by atoms with E-state index in [1.54, 1.807) is 19.1 Å². The van der Waals surface area contributed by atoms with Gasteiger partial charge in [-0.05, 0) is 54.0 Å². The highest BCUT2D eigenvalue weighted by molar-refractivity contribution is 7.89. The van der Waals surface area contributed by atoms with Gasteiger partial charge >= 0.3 is 0 Å². The number of nitrogens with zero attached hydrogens (tertiary/aromatic N) is 2. The van der Waals surface area contributed by atoms with Crippen LogP contribution in [0.2, 0.25) is 0 Å². The Balaban J connectivity index is 1.84. The van der Waals surface area contributed by atoms with E-state index >= 15 is 0 Å². The summed E-state index contributed by atoms with van der Waals surface area (Å²) >= 11 is 0. The third-order valence-corrected chi connectivity index (χ3v) is 5.13. The van der Waals surface area contributed by atoms with E-state index in [0.717, 1.165) is 11.3 Å². The number of aromatic nitrogens is 2. The van der Waals surface area contributed by atoms with Crippen molar-refractivity contribution in [1.29, 1.82) is 0 Å². The Hall–Kier alpha value is -2.45. The van der Waals surface area contributed by atoms with Gasteiger partial charge in [0.25, 0.3) is 0 Å². The van der Waals surface area contributed by atoms with Crippen molar-refractivity contribution in [2.75, 3.05) is 6.61 Å². The summed E-state index contributed by atoms with van der Waals surface area (Å²) in [4.78, 5) is 0.0408. The van der Waals surface area contributed by atoms with Crippen molar-refractivity contribution in [3.63, 3.8) is 0 Å². The number of hydrogen-bond acceptors (Lipinski definition) is 6. The van der Waals surface area contributed by atoms with Crippen LogP contribution >= 0.6 is 0 Å². The summed E-state index contributed by atoms with van der Waals surface area (Å²) < 4.78 is 38.0. The van der Waals surface area contributed by atoms with Gasteiger partial charge in [0.2, 0.25) is 10.0 Å². The lowest BCUT2D eigenvalue weighted by Crippen LogP contribution is -2.27. The highest BCUT2D eigenvalue weighted by Gasteiger charge is 2.22. The lowest BCUT2D eigenvalue weighted by atomic mass is 10.1. The van der Waals surface area contributed by atoms with Crippen molar-refractivity contribution in [2.45, 2.75) is 24.8 Å². The van der Waals surface area contributed by atoms with Gasteiger partial charge in [-0.3, -0.25) is 0 Å². The summed E-state index contributed by atoms with van der Waals surface area (Å²) in [7, 11) is -3.77. The minimum Gasteiger partial charge on any atom is -0.494 e. The predicted molar refractivity (Wildman–Crippen MR) is 88.2 cm³/mol. The fourth-order valence-corrected chi connectivity index (χ4v) is 3.76. The second-order valence-corrected chi connectivity index (χ2v) is 6.92. The monoisotopic (exact) mass is 347 g/mol. The number of nitrogens with one attached hydrogen (secondary N) is 1. The minimum absolute atomic E-state index is 0.0408. The van der Waals surface area contributed by atoms with Gasteiger partial charge in [0.1, 0.15) is 16.2 Å². The van der Waals surface area contributed by atoms with Gasteiger partial charge in [0, 0.05) is 6.04 Å². The average molecular weight is 347 g/mol. The van der Waals surface area contributed by atoms with Crippen molar-refractivity contribution < 1.29 is 17.8 Å². The lowest BCUT2D eigenvalue weighted by Gasteiger charge is -2.15. The fraction of sp³-hybridized carbons (Fsp3) is 0.250. The van der Waals surface area contributed by atoms with Gasteiger partial charge in [-0.25, -0.2) is 17.8 Å². The lowest BCUT2D eigenvalue weighted by molar-refractivity contribution is 0.315. The van der Waals surface area contributed by atoms with Crippen molar-refractivity contribution in [3.05, 3.63) is 48.0 Å². The molecule has 8 heteroatoms. The zero-order chi connectivity index (χ0) is 17.2. The van der Waals surface area contributed by atoms with Crippen LogP contribution in [0.15, 0.2) is 52.0 Å². The number of fused-ring (bicyclic) bond motifs is 1. The first-order valence-corrected chi connectivity index (χ1v) is 8.96. The zero-order valence-corrected chi connectivity index (χ0v) is 14.1. The Morgan fingerprint density at radius 3 is 2.62 bits per heavy atom. The molecule has 0 amide bonds. The van der Waals surface area contributed by atoms with Gasteiger partial charge < -0.3 is 4.74 Å². The third-order valence-electron chi connectivity index (χ3n) is 3.56. The van der Waals surface area contributed by atoms with Gasteiger partial charge in [-0.15, -0.1) is 0 Å². The second-order valence-electron chi connectivity index (χ2n) is 5.23. The molecular formula is C16H17N3O4S. The number of rotatable bonds is 6. The molecule has 0 fully saturated rings. The van der Waals surface area contributed by atoms with E-state index in [4.69, 9.17) is 4.74 Å². The molecule has 0 saturated heterocycles. The largest absolute Gasteiger partial charge is 0.494 e. The van der Waals surface area contributed by atoms with Crippen LogP contribution in [0, 0.1) is 0 Å². The maximum Gasteiger partial charge on any atom is 0.243 e. The van der Waals surface area contributed by atoms with E-state index in [-0.39, 0.29) is 10.4 Å². The number of sulfonamides is 1. The van der Waals surface area contributed by atoms with Crippen LogP contribution in [0.3, 0.4) is 0 Å². The zero-order valence-electron chi connectivity index (χ0n) is 13.3. The molecule has 126 valence electrons. The van der Waals surface area contributed by atoms with Crippen LogP contribution in [0.5, 0.6) is 5.75 Å². The first-order valence-electron chi connectivity index (χ1n) is 7.47. The molecule has 1 unspecified atom stereocenters. The molecule has 1 atom stereocenters. The normalized spacial score (nSPS) is 13.1. The molecule has 0 spiro atoms. The standard InChI is InChI=1S/C16H17N3O4S/c1-3-22-13-9-7-12(8-10-13)11(2)19-24(20,21)15-6-4-5-14-16(15)18-23-17-14/h4-11,19H,3H2,1-2H3. The first-order chi connectivity index (χ1) is 11.5. The van der Waals surface area contributed by atoms with Gasteiger partial charge in [0.15, 0.2) is 5.52 Å². The molecular weight excluding hydrogens is 330 g/mol. The molecule has 3 rings (SSSR count). The molecule has 0 saturated carbocycles. The van der Waals surface area contributed by atoms with Crippen LogP contribution in [0.1, 0.15) is 25.5 Å². The summed E-state index contributed by atoms with van der Waals surface area (Å²) in [6, 6.07) is 11.6. The van der Waals surface area contributed by atoms with Crippen molar-refractivity contribution in [1.82, 2.24) is 15.0 Å². The highest BCUT2D eigenvalue weighted by atomic mass is 32.2. The molecule has 0 aliphatic heterocycles. The fourth-order valence-electron chi connectivity index (χ4n) is 2.38. The van der Waals surface area contributed by atoms with Crippen LogP contribution < -0.4 is 9.46 Å². The topological polar surface area (TPSA) is 94.3 Å². The van der Waals surface area contributed by atoms with Crippen molar-refractivity contribution >= 4 is 21.1 Å². The smallest absolute Gasteiger partial charge is 0.243 e. The van der Waals surface area contributed by atoms with Crippen molar-refractivity contribution in [2.24, 2.45) is 0 Å². The molecule has 1 aromatic heterocycles. The Morgan fingerprint density at radius 1 is 1.17 bits per heavy atom. The van der Waals surface area contributed by atoms with E-state index < -0.39 is 16.1 Å². The maximum atomic E-state index is 12.7. The molecule has 1 heterocycles. The molecule has 7 nitrogen and oxygen atoms in total. The van der Waals surface area contributed by atoms with Gasteiger partial charge in [-0.1, -0.05) is 18.2 Å². The molecule has 0 radical (unpaired) electrons. The van der Waals surface area contributed by atoms with Crippen LogP contribution in [-0.2, 0) is 10.0 Å². The second kappa shape index (κ2) is 6.58. The predicted octanol–water partition coefficient (Wildman–Crippen LogP) is 2.66. The molecule has 1 N–H and O–H groups in total. The van der Waals surface area contributed by atoms with E-state index in [1.807, 2.05) is 31.2 Å². The van der Waals surface area contributed by atoms with Crippen LogP contribution in [-0.4, -0.2) is 25.3 Å². The molecule has 2 aromatic carbocycles. The van der Waals surface area contributed by atoms with Gasteiger partial charge in [0.05, 0.1) is 6.61 Å². The summed E-state index contributed by atoms with van der Waals surface area (Å²) in [5.41, 5.74) is 1.43. The van der Waals surface area contributed by atoms with Crippen LogP contribution in [0.4, 0.5) is 0 Å². The Bertz CT molecular complexity index is 935. The van der Waals surface area contributed by atoms with Crippen molar-refractivity contribution in [3.8, 4) is 5.75 Å². The summed E-state index contributed by atoms with van der Waals surface area (Å²) in [5.74, 6) is 0.745. The van der Waals surface area contributed by atoms with E-state index in [0.29, 0.717) is 12.1 Å². The first kappa shape index (κ1) is 16.4. The van der Waals surface area contributed by atoms with E-state index in [9.17, 15) is 8.42 Å². The highest BCUT2D eigenvalue weighted by Crippen LogP contribution is 2.23. The SMILES string of the molecule is CCOc1ccc(C(C)NS(=O)(=O)c2cccc3nonc23)cc1. The quantitative estimate of drug-likeness (QED) is 0.737. The molecule has 0 aliphatic rings. The Labute approximate surface area is 139 Å². The molecule has 3 aromatic rings. The Kier molecular flexibility index (Phi) is 4.50. The number of benzene rings is 2. The van der Waals surface area contributed by atoms with Gasteiger partial charge in [-0.2, -0.15) is 0 Å².